The maximum atomic E-state index is 12.7. The molecule has 7 N–H and O–H groups in total. The van der Waals surface area contributed by atoms with E-state index in [1.165, 1.54) is 13.8 Å². The first kappa shape index (κ1) is 26.2. The van der Waals surface area contributed by atoms with E-state index >= 15 is 0 Å². The Labute approximate surface area is 196 Å². The molecule has 1 aromatic rings. The molecule has 0 spiro atoms. The Hall–Kier alpha value is -5.01. The van der Waals surface area contributed by atoms with Gasteiger partial charge < -0.3 is 26.8 Å². The van der Waals surface area contributed by atoms with Gasteiger partial charge in [0.1, 0.15) is 24.2 Å². The Morgan fingerprint density at radius 1 is 0.914 bits per heavy atom. The largest absolute Gasteiger partial charge is 0.494 e. The molecule has 0 aromatic carbocycles. The second-order valence-corrected chi connectivity index (χ2v) is 7.28. The molecular weight excluding hydrogens is 468 g/mol. The fraction of sp³-hybridized carbons (Fsp3) is 0.190. The molecule has 0 atom stereocenters. The van der Waals surface area contributed by atoms with Gasteiger partial charge in [0.25, 0.3) is 29.2 Å². The molecule has 4 amide bonds. The molecule has 0 bridgehead atoms. The van der Waals surface area contributed by atoms with E-state index in [2.05, 4.69) is 0 Å². The molecule has 0 radical (unpaired) electrons. The number of imide groups is 1. The van der Waals surface area contributed by atoms with Gasteiger partial charge in [-0.15, -0.1) is 0 Å². The van der Waals surface area contributed by atoms with Crippen LogP contribution in [0.25, 0.3) is 6.08 Å². The molecule has 184 valence electrons. The molecule has 0 saturated carbocycles. The van der Waals surface area contributed by atoms with Gasteiger partial charge in [-0.1, -0.05) is 6.08 Å². The second-order valence-electron chi connectivity index (χ2n) is 7.28. The second kappa shape index (κ2) is 9.86. The quantitative estimate of drug-likeness (QED) is 0.157. The zero-order chi connectivity index (χ0) is 26.8. The lowest BCUT2D eigenvalue weighted by molar-refractivity contribution is -0.150. The molecule has 1 aliphatic heterocycles. The van der Waals surface area contributed by atoms with Gasteiger partial charge in [-0.05, 0) is 37.1 Å². The summed E-state index contributed by atoms with van der Waals surface area (Å²) in [6.07, 6.45) is 3.33. The maximum absolute atomic E-state index is 12.7. The Bertz CT molecular complexity index is 1350. The van der Waals surface area contributed by atoms with Crippen molar-refractivity contribution in [2.45, 2.75) is 20.4 Å². The number of carboxylic acid groups (broad SMARTS) is 2. The standard InChI is InChI=1S/C21H20N4O10/c1-8-10(18(32)24(6-12(26)27)20(34)14(8)16(22)30)4-3-5-11-9(2)15(17(23)31)21(35)25(19(11)33)7-13(28)29/h3-5,32H,6-7H2,1-2H3,(H2,22,30)(H2,23,31)(H,26,27)(H,28,29)/b4-3+,11-5-. The van der Waals surface area contributed by atoms with Crippen molar-refractivity contribution >= 4 is 41.6 Å². The van der Waals surface area contributed by atoms with Gasteiger partial charge in [0.05, 0.1) is 0 Å². The van der Waals surface area contributed by atoms with Gasteiger partial charge in [0, 0.05) is 11.1 Å². The van der Waals surface area contributed by atoms with E-state index in [1.807, 2.05) is 0 Å². The third kappa shape index (κ3) is 5.00. The topological polar surface area (TPSA) is 240 Å². The van der Waals surface area contributed by atoms with E-state index in [4.69, 9.17) is 21.7 Å². The van der Waals surface area contributed by atoms with Crippen LogP contribution in [0.4, 0.5) is 0 Å². The minimum Gasteiger partial charge on any atom is -0.494 e. The number of hydrogen-bond acceptors (Lipinski definition) is 8. The fourth-order valence-corrected chi connectivity index (χ4v) is 3.44. The average molecular weight is 488 g/mol. The highest BCUT2D eigenvalue weighted by Gasteiger charge is 2.38. The van der Waals surface area contributed by atoms with Gasteiger partial charge in [-0.3, -0.25) is 43.0 Å². The molecule has 14 nitrogen and oxygen atoms in total. The number of carbonyl (C=O) groups is 6. The first-order valence-corrected chi connectivity index (χ1v) is 9.66. The molecular formula is C21H20N4O10. The van der Waals surface area contributed by atoms with Crippen molar-refractivity contribution in [3.05, 3.63) is 55.9 Å². The Morgan fingerprint density at radius 2 is 1.49 bits per heavy atom. The smallest absolute Gasteiger partial charge is 0.323 e. The normalized spacial score (nSPS) is 15.3. The first-order valence-electron chi connectivity index (χ1n) is 9.66. The van der Waals surface area contributed by atoms with Crippen molar-refractivity contribution in [2.24, 2.45) is 11.5 Å². The van der Waals surface area contributed by atoms with Crippen molar-refractivity contribution < 1.29 is 44.1 Å². The third-order valence-electron chi connectivity index (χ3n) is 5.05. The van der Waals surface area contributed by atoms with E-state index in [1.54, 1.807) is 0 Å². The summed E-state index contributed by atoms with van der Waals surface area (Å²) < 4.78 is 0.414. The lowest BCUT2D eigenvalue weighted by atomic mass is 9.93. The highest BCUT2D eigenvalue weighted by atomic mass is 16.4. The third-order valence-corrected chi connectivity index (χ3v) is 5.05. The summed E-state index contributed by atoms with van der Waals surface area (Å²) in [5, 5.41) is 28.5. The summed E-state index contributed by atoms with van der Waals surface area (Å²) in [6, 6.07) is 0. The zero-order valence-corrected chi connectivity index (χ0v) is 18.4. The molecule has 1 aliphatic rings. The van der Waals surface area contributed by atoms with Crippen molar-refractivity contribution in [2.75, 3.05) is 6.54 Å². The minimum atomic E-state index is -1.52. The first-order chi connectivity index (χ1) is 16.2. The molecule has 0 aliphatic carbocycles. The van der Waals surface area contributed by atoms with Crippen LogP contribution in [0.2, 0.25) is 0 Å². The van der Waals surface area contributed by atoms with Gasteiger partial charge in [-0.25, -0.2) is 0 Å². The maximum Gasteiger partial charge on any atom is 0.323 e. The van der Waals surface area contributed by atoms with Gasteiger partial charge >= 0.3 is 11.9 Å². The van der Waals surface area contributed by atoms with Crippen LogP contribution in [-0.2, 0) is 30.5 Å². The van der Waals surface area contributed by atoms with E-state index in [-0.39, 0.29) is 22.3 Å². The Balaban J connectivity index is 2.72. The van der Waals surface area contributed by atoms with Crippen molar-refractivity contribution in [1.82, 2.24) is 9.47 Å². The summed E-state index contributed by atoms with van der Waals surface area (Å²) in [7, 11) is 0. The number of aliphatic carboxylic acids is 2. The van der Waals surface area contributed by atoms with Crippen LogP contribution in [0.5, 0.6) is 5.88 Å². The molecule has 0 saturated heterocycles. The summed E-state index contributed by atoms with van der Waals surface area (Å²) in [6.45, 7) is 0.496. The van der Waals surface area contributed by atoms with E-state index in [0.29, 0.717) is 9.47 Å². The van der Waals surface area contributed by atoms with E-state index < -0.39 is 71.2 Å². The van der Waals surface area contributed by atoms with Crippen molar-refractivity contribution in [3.8, 4) is 5.88 Å². The lowest BCUT2D eigenvalue weighted by Gasteiger charge is -2.27. The number of allylic oxidation sites excluding steroid dienone is 2. The SMILES string of the molecule is CC1=C(C(N)=O)C(=O)N(CC(=O)O)C(=O)/C1=C\C=C\c1c(C)c(C(N)=O)c(=O)n(CC(=O)O)c1O. The summed E-state index contributed by atoms with van der Waals surface area (Å²) in [4.78, 5) is 83.5. The van der Waals surface area contributed by atoms with Gasteiger partial charge in [-0.2, -0.15) is 0 Å². The van der Waals surface area contributed by atoms with Crippen LogP contribution in [-0.4, -0.2) is 66.9 Å². The molecule has 2 rings (SSSR count). The molecule has 1 aromatic heterocycles. The number of carboxylic acids is 2. The van der Waals surface area contributed by atoms with Gasteiger partial charge in [0.15, 0.2) is 0 Å². The summed E-state index contributed by atoms with van der Waals surface area (Å²) in [5.41, 5.74) is 7.47. The molecule has 0 unspecified atom stereocenters. The molecule has 2 heterocycles. The number of aromatic hydroxyl groups is 1. The number of pyridine rings is 1. The highest BCUT2D eigenvalue weighted by Crippen LogP contribution is 2.27. The number of hydrogen-bond donors (Lipinski definition) is 5. The van der Waals surface area contributed by atoms with Gasteiger partial charge in [0.2, 0.25) is 5.88 Å². The predicted octanol–water partition coefficient (Wildman–Crippen LogP) is -1.76. The highest BCUT2D eigenvalue weighted by molar-refractivity contribution is 6.28. The summed E-state index contributed by atoms with van der Waals surface area (Å²) >= 11 is 0. The number of primary amides is 2. The minimum absolute atomic E-state index is 0.0842. The van der Waals surface area contributed by atoms with Crippen molar-refractivity contribution in [3.63, 3.8) is 0 Å². The summed E-state index contributed by atoms with van der Waals surface area (Å²) in [5.74, 6) is -8.40. The zero-order valence-electron chi connectivity index (χ0n) is 18.4. The monoisotopic (exact) mass is 488 g/mol. The van der Waals surface area contributed by atoms with E-state index in [9.17, 15) is 38.7 Å². The van der Waals surface area contributed by atoms with Crippen LogP contribution in [0.15, 0.2) is 33.7 Å². The number of nitrogens with two attached hydrogens (primary N) is 2. The predicted molar refractivity (Wildman–Crippen MR) is 117 cm³/mol. The molecule has 35 heavy (non-hydrogen) atoms. The number of carbonyl (C=O) groups excluding carboxylic acids is 4. The average Bonchev–Trinajstić information content (AvgIpc) is 2.72. The fourth-order valence-electron chi connectivity index (χ4n) is 3.44. The van der Waals surface area contributed by atoms with Crippen LogP contribution >= 0.6 is 0 Å². The number of nitrogens with zero attached hydrogens (tertiary/aromatic N) is 2. The lowest BCUT2D eigenvalue weighted by Crippen LogP contribution is -2.47. The van der Waals surface area contributed by atoms with Crippen LogP contribution in [0.1, 0.15) is 28.4 Å². The van der Waals surface area contributed by atoms with Crippen LogP contribution in [0, 0.1) is 6.92 Å². The Kier molecular flexibility index (Phi) is 7.39. The van der Waals surface area contributed by atoms with Crippen molar-refractivity contribution in [1.29, 1.82) is 0 Å². The van der Waals surface area contributed by atoms with Crippen LogP contribution < -0.4 is 17.0 Å². The number of amides is 4. The number of aromatic nitrogens is 1. The van der Waals surface area contributed by atoms with Crippen LogP contribution in [0.3, 0.4) is 0 Å². The Morgan fingerprint density at radius 3 is 1.97 bits per heavy atom. The molecule has 0 fully saturated rings. The molecule has 14 heteroatoms. The number of rotatable bonds is 8. The van der Waals surface area contributed by atoms with E-state index in [0.717, 1.165) is 18.2 Å².